The average molecular weight is 276 g/mol. The number of hydrogen-bond donors (Lipinski definition) is 1. The molecule has 5 heteroatoms. The molecular weight excluding hydrogens is 256 g/mol. The lowest BCUT2D eigenvalue weighted by Gasteiger charge is -2.04. The third kappa shape index (κ3) is 3.29. The van der Waals surface area contributed by atoms with Crippen molar-refractivity contribution in [1.82, 2.24) is 10.5 Å². The maximum Gasteiger partial charge on any atom is 0.220 e. The fraction of sp³-hybridized carbons (Fsp3) is 0.467. The van der Waals surface area contributed by atoms with E-state index in [-0.39, 0.29) is 5.91 Å². The van der Waals surface area contributed by atoms with Crippen LogP contribution < -0.4 is 5.32 Å². The van der Waals surface area contributed by atoms with Gasteiger partial charge in [-0.3, -0.25) is 4.79 Å². The molecule has 0 radical (unpaired) electrons. The van der Waals surface area contributed by atoms with Crippen molar-refractivity contribution in [2.75, 3.05) is 0 Å². The van der Waals surface area contributed by atoms with E-state index in [1.807, 2.05) is 33.8 Å². The Bertz CT molecular complexity index is 591. The van der Waals surface area contributed by atoms with Gasteiger partial charge in [0.05, 0.1) is 5.69 Å². The molecule has 0 saturated carbocycles. The van der Waals surface area contributed by atoms with Crippen LogP contribution in [0.15, 0.2) is 15.0 Å². The highest BCUT2D eigenvalue weighted by molar-refractivity contribution is 5.76. The summed E-state index contributed by atoms with van der Waals surface area (Å²) in [5.74, 6) is 2.52. The molecule has 5 nitrogen and oxygen atoms in total. The predicted octanol–water partition coefficient (Wildman–Crippen LogP) is 2.75. The molecule has 2 aromatic rings. The van der Waals surface area contributed by atoms with Gasteiger partial charge in [-0.15, -0.1) is 0 Å². The summed E-state index contributed by atoms with van der Waals surface area (Å²) < 4.78 is 10.5. The third-order valence-electron chi connectivity index (χ3n) is 3.40. The standard InChI is InChI=1S/C15H20N2O3/c1-9-7-13(11(3)19-9)8-16-15(18)6-5-14-10(2)17-20-12(14)4/h7H,5-6,8H2,1-4H3,(H,16,18). The lowest BCUT2D eigenvalue weighted by molar-refractivity contribution is -0.121. The topological polar surface area (TPSA) is 68.3 Å². The summed E-state index contributed by atoms with van der Waals surface area (Å²) in [7, 11) is 0. The van der Waals surface area contributed by atoms with Crippen molar-refractivity contribution in [1.29, 1.82) is 0 Å². The molecule has 0 aliphatic rings. The summed E-state index contributed by atoms with van der Waals surface area (Å²) in [4.78, 5) is 11.9. The van der Waals surface area contributed by atoms with Crippen molar-refractivity contribution in [3.05, 3.63) is 40.2 Å². The smallest absolute Gasteiger partial charge is 0.220 e. The van der Waals surface area contributed by atoms with Gasteiger partial charge in [-0.1, -0.05) is 5.16 Å². The number of amides is 1. The van der Waals surface area contributed by atoms with Crippen molar-refractivity contribution in [2.45, 2.75) is 47.1 Å². The van der Waals surface area contributed by atoms with Gasteiger partial charge in [0.15, 0.2) is 0 Å². The molecule has 2 heterocycles. The van der Waals surface area contributed by atoms with Crippen LogP contribution in [0.5, 0.6) is 0 Å². The highest BCUT2D eigenvalue weighted by Crippen LogP contribution is 2.15. The SMILES string of the molecule is Cc1cc(CNC(=O)CCc2c(C)noc2C)c(C)o1. The van der Waals surface area contributed by atoms with E-state index in [0.717, 1.165) is 34.1 Å². The molecular formula is C15H20N2O3. The maximum absolute atomic E-state index is 11.9. The number of aryl methyl sites for hydroxylation is 4. The molecule has 0 bridgehead atoms. The van der Waals surface area contributed by atoms with Gasteiger partial charge >= 0.3 is 0 Å². The average Bonchev–Trinajstić information content (AvgIpc) is 2.88. The van der Waals surface area contributed by atoms with Crippen LogP contribution in [-0.4, -0.2) is 11.1 Å². The number of hydrogen-bond acceptors (Lipinski definition) is 4. The Hall–Kier alpha value is -2.04. The second kappa shape index (κ2) is 5.94. The van der Waals surface area contributed by atoms with Crippen molar-refractivity contribution in [2.24, 2.45) is 0 Å². The normalized spacial score (nSPS) is 10.8. The molecule has 1 N–H and O–H groups in total. The van der Waals surface area contributed by atoms with E-state index in [0.29, 0.717) is 19.4 Å². The predicted molar refractivity (Wildman–Crippen MR) is 74.3 cm³/mol. The van der Waals surface area contributed by atoms with Crippen molar-refractivity contribution in [3.8, 4) is 0 Å². The number of carbonyl (C=O) groups is 1. The van der Waals surface area contributed by atoms with Gasteiger partial charge in [0.1, 0.15) is 17.3 Å². The van der Waals surface area contributed by atoms with Crippen LogP contribution in [0.4, 0.5) is 0 Å². The molecule has 0 aliphatic carbocycles. The maximum atomic E-state index is 11.9. The summed E-state index contributed by atoms with van der Waals surface area (Å²) in [6.07, 6.45) is 1.08. The lowest BCUT2D eigenvalue weighted by atomic mass is 10.1. The van der Waals surface area contributed by atoms with Crippen molar-refractivity contribution < 1.29 is 13.7 Å². The van der Waals surface area contributed by atoms with Gasteiger partial charge in [0, 0.05) is 24.1 Å². The van der Waals surface area contributed by atoms with E-state index in [1.54, 1.807) is 0 Å². The first-order valence-electron chi connectivity index (χ1n) is 6.71. The Balaban J connectivity index is 1.83. The molecule has 2 aromatic heterocycles. The second-order valence-electron chi connectivity index (χ2n) is 5.02. The van der Waals surface area contributed by atoms with Crippen LogP contribution in [0.3, 0.4) is 0 Å². The number of nitrogens with zero attached hydrogens (tertiary/aromatic N) is 1. The Kier molecular flexibility index (Phi) is 4.27. The zero-order valence-corrected chi connectivity index (χ0v) is 12.4. The summed E-state index contributed by atoms with van der Waals surface area (Å²) >= 11 is 0. The summed E-state index contributed by atoms with van der Waals surface area (Å²) in [5.41, 5.74) is 2.90. The first-order chi connectivity index (χ1) is 9.47. The highest BCUT2D eigenvalue weighted by atomic mass is 16.5. The minimum absolute atomic E-state index is 0.0169. The number of carbonyl (C=O) groups excluding carboxylic acids is 1. The molecule has 0 fully saturated rings. The van der Waals surface area contributed by atoms with E-state index in [2.05, 4.69) is 10.5 Å². The summed E-state index contributed by atoms with van der Waals surface area (Å²) in [6, 6.07) is 1.95. The van der Waals surface area contributed by atoms with E-state index in [1.165, 1.54) is 0 Å². The van der Waals surface area contributed by atoms with E-state index < -0.39 is 0 Å². The molecule has 0 aliphatic heterocycles. The quantitative estimate of drug-likeness (QED) is 0.911. The highest BCUT2D eigenvalue weighted by Gasteiger charge is 2.12. The minimum atomic E-state index is 0.0169. The first-order valence-corrected chi connectivity index (χ1v) is 6.71. The Morgan fingerprint density at radius 3 is 2.55 bits per heavy atom. The molecule has 2 rings (SSSR count). The minimum Gasteiger partial charge on any atom is -0.466 e. The largest absolute Gasteiger partial charge is 0.466 e. The van der Waals surface area contributed by atoms with Gasteiger partial charge < -0.3 is 14.3 Å². The fourth-order valence-electron chi connectivity index (χ4n) is 2.24. The van der Waals surface area contributed by atoms with Crippen LogP contribution in [0.1, 0.15) is 40.5 Å². The monoisotopic (exact) mass is 276 g/mol. The summed E-state index contributed by atoms with van der Waals surface area (Å²) in [6.45, 7) is 8.06. The van der Waals surface area contributed by atoms with Crippen LogP contribution >= 0.6 is 0 Å². The Morgan fingerprint density at radius 2 is 2.00 bits per heavy atom. The molecule has 0 unspecified atom stereocenters. The number of aromatic nitrogens is 1. The van der Waals surface area contributed by atoms with Crippen molar-refractivity contribution >= 4 is 5.91 Å². The Labute approximate surface area is 118 Å². The molecule has 0 spiro atoms. The zero-order valence-electron chi connectivity index (χ0n) is 12.4. The third-order valence-corrected chi connectivity index (χ3v) is 3.40. The van der Waals surface area contributed by atoms with E-state index >= 15 is 0 Å². The van der Waals surface area contributed by atoms with E-state index in [9.17, 15) is 4.79 Å². The van der Waals surface area contributed by atoms with E-state index in [4.69, 9.17) is 8.94 Å². The lowest BCUT2D eigenvalue weighted by Crippen LogP contribution is -2.23. The molecule has 0 atom stereocenters. The van der Waals surface area contributed by atoms with Crippen LogP contribution in [0.25, 0.3) is 0 Å². The van der Waals surface area contributed by atoms with Gasteiger partial charge in [-0.25, -0.2) is 0 Å². The molecule has 1 amide bonds. The first kappa shape index (κ1) is 14.4. The fourth-order valence-corrected chi connectivity index (χ4v) is 2.24. The van der Waals surface area contributed by atoms with Gasteiger partial charge in [0.25, 0.3) is 0 Å². The number of furan rings is 1. The molecule has 0 saturated heterocycles. The van der Waals surface area contributed by atoms with Gasteiger partial charge in [-0.2, -0.15) is 0 Å². The van der Waals surface area contributed by atoms with Crippen LogP contribution in [0, 0.1) is 27.7 Å². The van der Waals surface area contributed by atoms with Crippen LogP contribution in [-0.2, 0) is 17.8 Å². The molecule has 108 valence electrons. The van der Waals surface area contributed by atoms with Gasteiger partial charge in [0.2, 0.25) is 5.91 Å². The second-order valence-corrected chi connectivity index (χ2v) is 5.02. The molecule has 0 aromatic carbocycles. The zero-order chi connectivity index (χ0) is 14.7. The Morgan fingerprint density at radius 1 is 1.25 bits per heavy atom. The van der Waals surface area contributed by atoms with Gasteiger partial charge in [-0.05, 0) is 40.2 Å². The number of nitrogens with one attached hydrogen (secondary N) is 1. The van der Waals surface area contributed by atoms with Crippen LogP contribution in [0.2, 0.25) is 0 Å². The number of rotatable bonds is 5. The summed E-state index contributed by atoms with van der Waals surface area (Å²) in [5, 5.41) is 6.79. The van der Waals surface area contributed by atoms with Crippen molar-refractivity contribution in [3.63, 3.8) is 0 Å². The molecule has 20 heavy (non-hydrogen) atoms.